The van der Waals surface area contributed by atoms with Crippen molar-refractivity contribution in [2.24, 2.45) is 5.73 Å². The minimum absolute atomic E-state index is 0.451. The van der Waals surface area contributed by atoms with Crippen LogP contribution in [-0.2, 0) is 0 Å². The van der Waals surface area contributed by atoms with Gasteiger partial charge in [0.05, 0.1) is 7.11 Å². The van der Waals surface area contributed by atoms with Crippen molar-refractivity contribution < 1.29 is 9.53 Å². The van der Waals surface area contributed by atoms with Crippen LogP contribution in [0.25, 0.3) is 12.2 Å². The smallest absolute Gasteiger partial charge is 0.248 e. The zero-order valence-electron chi connectivity index (χ0n) is 10.5. The third-order valence-corrected chi connectivity index (χ3v) is 2.65. The average molecular weight is 254 g/mol. The minimum atomic E-state index is -0.460. The Morgan fingerprint density at radius 1 is 1.32 bits per heavy atom. The Morgan fingerprint density at radius 2 is 2.16 bits per heavy atom. The van der Waals surface area contributed by atoms with Crippen LogP contribution in [0, 0.1) is 0 Å². The van der Waals surface area contributed by atoms with Crippen molar-refractivity contribution in [1.29, 1.82) is 0 Å². The molecule has 2 rings (SSSR count). The number of rotatable bonds is 4. The van der Waals surface area contributed by atoms with Crippen molar-refractivity contribution >= 4 is 18.1 Å². The Morgan fingerprint density at radius 3 is 2.79 bits per heavy atom. The van der Waals surface area contributed by atoms with E-state index in [1.807, 2.05) is 24.3 Å². The monoisotopic (exact) mass is 254 g/mol. The lowest BCUT2D eigenvalue weighted by Gasteiger charge is -2.06. The van der Waals surface area contributed by atoms with Crippen molar-refractivity contribution in [2.75, 3.05) is 7.11 Å². The first kappa shape index (κ1) is 12.8. The number of ether oxygens (including phenoxy) is 1. The van der Waals surface area contributed by atoms with E-state index in [2.05, 4.69) is 4.98 Å². The van der Waals surface area contributed by atoms with Crippen molar-refractivity contribution in [1.82, 2.24) is 4.98 Å². The van der Waals surface area contributed by atoms with Crippen molar-refractivity contribution in [3.8, 4) is 5.75 Å². The number of amides is 1. The van der Waals surface area contributed by atoms with E-state index in [-0.39, 0.29) is 0 Å². The molecule has 0 saturated heterocycles. The highest BCUT2D eigenvalue weighted by molar-refractivity contribution is 5.94. The van der Waals surface area contributed by atoms with Gasteiger partial charge in [-0.2, -0.15) is 0 Å². The predicted molar refractivity (Wildman–Crippen MR) is 74.7 cm³/mol. The van der Waals surface area contributed by atoms with E-state index in [1.54, 1.807) is 37.7 Å². The maximum absolute atomic E-state index is 11.2. The summed E-state index contributed by atoms with van der Waals surface area (Å²) in [4.78, 5) is 15.2. The Labute approximate surface area is 111 Å². The summed E-state index contributed by atoms with van der Waals surface area (Å²) >= 11 is 0. The first-order valence-electron chi connectivity index (χ1n) is 5.76. The van der Waals surface area contributed by atoms with Crippen LogP contribution in [-0.4, -0.2) is 18.0 Å². The van der Waals surface area contributed by atoms with Crippen LogP contribution < -0.4 is 10.5 Å². The van der Waals surface area contributed by atoms with E-state index >= 15 is 0 Å². The highest BCUT2D eigenvalue weighted by atomic mass is 16.5. The van der Waals surface area contributed by atoms with Gasteiger partial charge in [-0.1, -0.05) is 18.2 Å². The number of nitrogens with zero attached hydrogens (tertiary/aromatic N) is 1. The summed E-state index contributed by atoms with van der Waals surface area (Å²) in [6.07, 6.45) is 7.23. The van der Waals surface area contributed by atoms with E-state index in [4.69, 9.17) is 10.5 Å². The van der Waals surface area contributed by atoms with Crippen molar-refractivity contribution in [2.45, 2.75) is 0 Å². The van der Waals surface area contributed by atoms with E-state index < -0.39 is 5.91 Å². The molecule has 19 heavy (non-hydrogen) atoms. The van der Waals surface area contributed by atoms with Crippen LogP contribution in [0.2, 0.25) is 0 Å². The molecule has 4 nitrogen and oxygen atoms in total. The highest BCUT2D eigenvalue weighted by Crippen LogP contribution is 2.22. The van der Waals surface area contributed by atoms with E-state index in [0.29, 0.717) is 11.3 Å². The number of carbonyl (C=O) groups excluding carboxylic acids is 1. The van der Waals surface area contributed by atoms with Crippen molar-refractivity contribution in [3.05, 3.63) is 59.4 Å². The van der Waals surface area contributed by atoms with Gasteiger partial charge >= 0.3 is 0 Å². The maximum atomic E-state index is 11.2. The summed E-state index contributed by atoms with van der Waals surface area (Å²) in [5.74, 6) is 0.226. The van der Waals surface area contributed by atoms with Gasteiger partial charge in [0.25, 0.3) is 0 Å². The molecule has 2 N–H and O–H groups in total. The second-order valence-corrected chi connectivity index (χ2v) is 3.94. The first-order chi connectivity index (χ1) is 9.20. The zero-order valence-corrected chi connectivity index (χ0v) is 10.5. The van der Waals surface area contributed by atoms with Gasteiger partial charge in [-0.15, -0.1) is 0 Å². The number of hydrogen-bond acceptors (Lipinski definition) is 3. The molecular formula is C15H14N2O2. The molecule has 0 fully saturated rings. The molecule has 1 amide bonds. The number of pyridine rings is 1. The number of benzene rings is 1. The molecule has 0 saturated carbocycles. The molecule has 0 aliphatic heterocycles. The van der Waals surface area contributed by atoms with Crippen LogP contribution in [0.5, 0.6) is 5.75 Å². The molecule has 1 aromatic heterocycles. The summed E-state index contributed by atoms with van der Waals surface area (Å²) < 4.78 is 5.25. The molecule has 1 heterocycles. The molecule has 0 aliphatic carbocycles. The summed E-state index contributed by atoms with van der Waals surface area (Å²) in [6.45, 7) is 0. The molecule has 1 aromatic carbocycles. The number of primary amides is 1. The fraction of sp³-hybridized carbons (Fsp3) is 0.0667. The molecule has 0 aliphatic rings. The summed E-state index contributed by atoms with van der Waals surface area (Å²) in [7, 11) is 1.58. The van der Waals surface area contributed by atoms with Crippen molar-refractivity contribution in [3.63, 3.8) is 0 Å². The Balaban J connectivity index is 2.35. The lowest BCUT2D eigenvalue weighted by Crippen LogP contribution is -2.10. The Kier molecular flexibility index (Phi) is 3.93. The van der Waals surface area contributed by atoms with Crippen LogP contribution in [0.15, 0.2) is 42.7 Å². The number of hydrogen-bond donors (Lipinski definition) is 1. The summed E-state index contributed by atoms with van der Waals surface area (Å²) in [6, 6.07) is 8.87. The van der Waals surface area contributed by atoms with Gasteiger partial charge in [0.15, 0.2) is 0 Å². The maximum Gasteiger partial charge on any atom is 0.248 e. The molecule has 2 aromatic rings. The van der Waals surface area contributed by atoms with Gasteiger partial charge in [0.2, 0.25) is 5.91 Å². The average Bonchev–Trinajstić information content (AvgIpc) is 2.45. The zero-order chi connectivity index (χ0) is 13.7. The lowest BCUT2D eigenvalue weighted by molar-refractivity contribution is 0.1000. The molecule has 4 heteroatoms. The van der Waals surface area contributed by atoms with Gasteiger partial charge in [-0.3, -0.25) is 9.78 Å². The Hall–Kier alpha value is -2.62. The van der Waals surface area contributed by atoms with E-state index in [0.717, 1.165) is 11.1 Å². The Bertz CT molecular complexity index is 607. The number of aromatic nitrogens is 1. The molecule has 96 valence electrons. The molecule has 0 atom stereocenters. The number of nitrogens with two attached hydrogens (primary N) is 1. The fourth-order valence-corrected chi connectivity index (χ4v) is 1.68. The van der Waals surface area contributed by atoms with Gasteiger partial charge in [0, 0.05) is 23.5 Å². The molecule has 0 bridgehead atoms. The van der Waals surface area contributed by atoms with Gasteiger partial charge < -0.3 is 10.5 Å². The van der Waals surface area contributed by atoms with Crippen LogP contribution in [0.1, 0.15) is 21.5 Å². The molecule has 0 spiro atoms. The number of methoxy groups -OCH3 is 1. The SMILES string of the molecule is COc1ccc(C(N)=O)cc1/C=C/c1cccnc1. The van der Waals surface area contributed by atoms with Crippen LogP contribution in [0.3, 0.4) is 0 Å². The number of carbonyl (C=O) groups is 1. The highest BCUT2D eigenvalue weighted by Gasteiger charge is 2.05. The molecular weight excluding hydrogens is 240 g/mol. The summed E-state index contributed by atoms with van der Waals surface area (Å²) in [5.41, 5.74) is 7.48. The third kappa shape index (κ3) is 3.19. The van der Waals surface area contributed by atoms with Crippen LogP contribution >= 0.6 is 0 Å². The second-order valence-electron chi connectivity index (χ2n) is 3.94. The lowest BCUT2D eigenvalue weighted by atomic mass is 10.1. The van der Waals surface area contributed by atoms with E-state index in [1.165, 1.54) is 0 Å². The minimum Gasteiger partial charge on any atom is -0.496 e. The molecule has 0 radical (unpaired) electrons. The van der Waals surface area contributed by atoms with Gasteiger partial charge in [-0.25, -0.2) is 0 Å². The van der Waals surface area contributed by atoms with Crippen LogP contribution in [0.4, 0.5) is 0 Å². The third-order valence-electron chi connectivity index (χ3n) is 2.65. The normalized spacial score (nSPS) is 10.6. The molecule has 0 unspecified atom stereocenters. The topological polar surface area (TPSA) is 65.2 Å². The fourth-order valence-electron chi connectivity index (χ4n) is 1.68. The van der Waals surface area contributed by atoms with Gasteiger partial charge in [-0.05, 0) is 29.8 Å². The van der Waals surface area contributed by atoms with E-state index in [9.17, 15) is 4.79 Å². The van der Waals surface area contributed by atoms with Gasteiger partial charge in [0.1, 0.15) is 5.75 Å². The second kappa shape index (κ2) is 5.82. The predicted octanol–water partition coefficient (Wildman–Crippen LogP) is 2.36. The summed E-state index contributed by atoms with van der Waals surface area (Å²) in [5, 5.41) is 0. The first-order valence-corrected chi connectivity index (χ1v) is 5.76. The standard InChI is InChI=1S/C15H14N2O2/c1-19-14-7-6-13(15(16)18)9-12(14)5-4-11-3-2-8-17-10-11/h2-10H,1H3,(H2,16,18)/b5-4+. The largest absolute Gasteiger partial charge is 0.496 e. The quantitative estimate of drug-likeness (QED) is 0.910.